The maximum atomic E-state index is 5.16. The van der Waals surface area contributed by atoms with Gasteiger partial charge in [0.05, 0.1) is 11.0 Å². The summed E-state index contributed by atoms with van der Waals surface area (Å²) in [5.74, 6) is 1.74. The molecule has 0 saturated heterocycles. The first-order valence-corrected chi connectivity index (χ1v) is 17.6. The van der Waals surface area contributed by atoms with Crippen LogP contribution < -0.4 is 10.6 Å². The van der Waals surface area contributed by atoms with Gasteiger partial charge in [-0.1, -0.05) is 140 Å². The molecule has 51 heavy (non-hydrogen) atoms. The Balaban J connectivity index is 1.10. The van der Waals surface area contributed by atoms with E-state index in [0.717, 1.165) is 39.4 Å². The Morgan fingerprint density at radius 1 is 0.588 bits per heavy atom. The number of hydrogen-bond donors (Lipinski definition) is 2. The van der Waals surface area contributed by atoms with Gasteiger partial charge in [0.1, 0.15) is 24.0 Å². The molecule has 3 heterocycles. The normalized spacial score (nSPS) is 19.4. The van der Waals surface area contributed by atoms with Crippen molar-refractivity contribution in [1.82, 2.24) is 20.2 Å². The third-order valence-corrected chi connectivity index (χ3v) is 10.8. The first-order chi connectivity index (χ1) is 25.2. The molecule has 5 heteroatoms. The van der Waals surface area contributed by atoms with Crippen molar-refractivity contribution in [2.45, 2.75) is 24.7 Å². The first kappa shape index (κ1) is 29.6. The lowest BCUT2D eigenvalue weighted by Gasteiger charge is -2.32. The van der Waals surface area contributed by atoms with Crippen LogP contribution in [0.1, 0.15) is 52.6 Å². The molecule has 0 fully saturated rings. The summed E-state index contributed by atoms with van der Waals surface area (Å²) in [6, 6.07) is 58.4. The number of nitrogens with one attached hydrogen (secondary N) is 2. The maximum Gasteiger partial charge on any atom is 0.137 e. The van der Waals surface area contributed by atoms with Crippen LogP contribution in [0.25, 0.3) is 38.8 Å². The monoisotopic (exact) mass is 657 g/mol. The highest BCUT2D eigenvalue weighted by atomic mass is 15.3. The summed E-state index contributed by atoms with van der Waals surface area (Å²) >= 11 is 0. The smallest absolute Gasteiger partial charge is 0.137 e. The van der Waals surface area contributed by atoms with E-state index in [1.165, 1.54) is 38.6 Å². The molecular weight excluding hydrogens is 623 g/mol. The Kier molecular flexibility index (Phi) is 6.76. The molecule has 1 aliphatic heterocycles. The van der Waals surface area contributed by atoms with Crippen LogP contribution in [0.5, 0.6) is 0 Å². The molecule has 0 amide bonds. The van der Waals surface area contributed by atoms with E-state index in [-0.39, 0.29) is 17.7 Å². The predicted octanol–water partition coefficient (Wildman–Crippen LogP) is 9.85. The third-order valence-electron chi connectivity index (χ3n) is 10.8. The number of rotatable bonds is 5. The largest absolute Gasteiger partial charge is 0.350 e. The molecule has 3 atom stereocenters. The fraction of sp³-hybridized carbons (Fsp3) is 0.0870. The highest BCUT2D eigenvalue weighted by molar-refractivity contribution is 6.11. The minimum Gasteiger partial charge on any atom is -0.350 e. The molecule has 6 aromatic carbocycles. The van der Waals surface area contributed by atoms with Crippen LogP contribution in [-0.2, 0) is 5.41 Å². The fourth-order valence-electron chi connectivity index (χ4n) is 8.26. The lowest BCUT2D eigenvalue weighted by atomic mass is 9.74. The van der Waals surface area contributed by atoms with Crippen molar-refractivity contribution < 1.29 is 0 Å². The quantitative estimate of drug-likeness (QED) is 0.194. The minimum absolute atomic E-state index is 0.184. The molecule has 2 N–H and O–H groups in total. The van der Waals surface area contributed by atoms with Gasteiger partial charge < -0.3 is 5.32 Å². The second-order valence-electron chi connectivity index (χ2n) is 13.7. The van der Waals surface area contributed by atoms with Crippen LogP contribution >= 0.6 is 0 Å². The molecule has 5 nitrogen and oxygen atoms in total. The molecular formula is C46H35N5. The Morgan fingerprint density at radius 2 is 1.29 bits per heavy atom. The van der Waals surface area contributed by atoms with Crippen molar-refractivity contribution in [2.75, 3.05) is 0 Å². The minimum atomic E-state index is -0.286. The van der Waals surface area contributed by atoms with E-state index in [1.807, 2.05) is 30.5 Å². The Labute approximate surface area is 297 Å². The summed E-state index contributed by atoms with van der Waals surface area (Å²) in [7, 11) is 0. The summed E-state index contributed by atoms with van der Waals surface area (Å²) in [5.41, 5.74) is 11.8. The number of hydrogen-bond acceptors (Lipinski definition) is 4. The predicted molar refractivity (Wildman–Crippen MR) is 207 cm³/mol. The SMILES string of the molecule is CC1(c2ccccc2)c2ccccc2-c2cc3c4ccccc4n(-c4ccc(C5NC(c6ccccc6)=NC(c6ccccc6)N5)cn4)c3cc21. The molecule has 10 rings (SSSR count). The number of amidine groups is 1. The number of nitrogens with zero attached hydrogens (tertiary/aromatic N) is 3. The van der Waals surface area contributed by atoms with E-state index in [4.69, 9.17) is 9.98 Å². The number of aromatic nitrogens is 2. The molecule has 8 aromatic rings. The number of benzene rings is 6. The molecule has 244 valence electrons. The van der Waals surface area contributed by atoms with Crippen molar-refractivity contribution >= 4 is 27.6 Å². The second-order valence-corrected chi connectivity index (χ2v) is 13.7. The average Bonchev–Trinajstić information content (AvgIpc) is 3.67. The van der Waals surface area contributed by atoms with E-state index in [2.05, 4.69) is 162 Å². The summed E-state index contributed by atoms with van der Waals surface area (Å²) in [6.07, 6.45) is 1.61. The van der Waals surface area contributed by atoms with Gasteiger partial charge in [-0.05, 0) is 64.6 Å². The van der Waals surface area contributed by atoms with Gasteiger partial charge in [0.25, 0.3) is 0 Å². The van der Waals surface area contributed by atoms with Gasteiger partial charge in [-0.2, -0.15) is 0 Å². The van der Waals surface area contributed by atoms with Crippen molar-refractivity contribution in [3.63, 3.8) is 0 Å². The van der Waals surface area contributed by atoms with Gasteiger partial charge in [-0.3, -0.25) is 9.88 Å². The van der Waals surface area contributed by atoms with Gasteiger partial charge in [0.2, 0.25) is 0 Å². The number of aliphatic imine (C=N–C) groups is 1. The molecule has 1 aliphatic carbocycles. The Bertz CT molecular complexity index is 2590. The zero-order chi connectivity index (χ0) is 33.9. The van der Waals surface area contributed by atoms with Gasteiger partial charge in [-0.25, -0.2) is 9.98 Å². The molecule has 2 aliphatic rings. The molecule has 3 unspecified atom stereocenters. The van der Waals surface area contributed by atoms with Gasteiger partial charge >= 0.3 is 0 Å². The molecule has 0 spiro atoms. The topological polar surface area (TPSA) is 54.2 Å². The summed E-state index contributed by atoms with van der Waals surface area (Å²) in [5, 5.41) is 9.82. The first-order valence-electron chi connectivity index (χ1n) is 17.6. The second kappa shape index (κ2) is 11.7. The lowest BCUT2D eigenvalue weighted by Crippen LogP contribution is -2.45. The summed E-state index contributed by atoms with van der Waals surface area (Å²) in [4.78, 5) is 10.2. The number of para-hydroxylation sites is 1. The fourth-order valence-corrected chi connectivity index (χ4v) is 8.26. The van der Waals surface area contributed by atoms with Crippen molar-refractivity contribution in [3.8, 4) is 16.9 Å². The van der Waals surface area contributed by atoms with Gasteiger partial charge in [-0.15, -0.1) is 0 Å². The van der Waals surface area contributed by atoms with Crippen LogP contribution in [0, 0.1) is 0 Å². The third kappa shape index (κ3) is 4.66. The van der Waals surface area contributed by atoms with Crippen LogP contribution in [0.2, 0.25) is 0 Å². The van der Waals surface area contributed by atoms with E-state index >= 15 is 0 Å². The van der Waals surface area contributed by atoms with Crippen molar-refractivity contribution in [3.05, 3.63) is 203 Å². The van der Waals surface area contributed by atoms with Crippen LogP contribution in [0.3, 0.4) is 0 Å². The summed E-state index contributed by atoms with van der Waals surface area (Å²) in [6.45, 7) is 2.37. The number of fused-ring (bicyclic) bond motifs is 6. The molecule has 0 saturated carbocycles. The maximum absolute atomic E-state index is 5.16. The lowest BCUT2D eigenvalue weighted by molar-refractivity contribution is 0.408. The Hall–Kier alpha value is -6.30. The highest BCUT2D eigenvalue weighted by Gasteiger charge is 2.41. The average molecular weight is 658 g/mol. The molecule has 2 aromatic heterocycles. The van der Waals surface area contributed by atoms with Crippen LogP contribution in [0.4, 0.5) is 0 Å². The van der Waals surface area contributed by atoms with E-state index < -0.39 is 0 Å². The standard InChI is InChI=1S/C46H35N5/c1-46(33-19-9-4-10-20-33)38-23-13-11-21-34(38)36-27-37-35-22-12-14-24-40(35)51(41(37)28-39(36)46)42-26-25-32(29-47-42)45-49-43(30-15-5-2-6-16-30)48-44(50-45)31-17-7-3-8-18-31/h2-29,43,45,49H,1H3,(H,48,50). The number of pyridine rings is 1. The molecule has 0 bridgehead atoms. The van der Waals surface area contributed by atoms with Crippen LogP contribution in [0.15, 0.2) is 175 Å². The van der Waals surface area contributed by atoms with Crippen LogP contribution in [-0.4, -0.2) is 15.4 Å². The van der Waals surface area contributed by atoms with E-state index in [0.29, 0.717) is 0 Å². The zero-order valence-corrected chi connectivity index (χ0v) is 28.2. The Morgan fingerprint density at radius 3 is 2.08 bits per heavy atom. The van der Waals surface area contributed by atoms with Crippen molar-refractivity contribution in [2.24, 2.45) is 4.99 Å². The van der Waals surface area contributed by atoms with E-state index in [1.54, 1.807) is 0 Å². The summed E-state index contributed by atoms with van der Waals surface area (Å²) < 4.78 is 2.33. The zero-order valence-electron chi connectivity index (χ0n) is 28.2. The van der Waals surface area contributed by atoms with Crippen molar-refractivity contribution in [1.29, 1.82) is 0 Å². The van der Waals surface area contributed by atoms with E-state index in [9.17, 15) is 0 Å². The molecule has 0 radical (unpaired) electrons. The highest BCUT2D eigenvalue weighted by Crippen LogP contribution is 2.54. The van der Waals surface area contributed by atoms with Gasteiger partial charge in [0, 0.05) is 33.5 Å². The van der Waals surface area contributed by atoms with Gasteiger partial charge in [0.15, 0.2) is 0 Å².